The molecule has 0 aliphatic carbocycles. The highest BCUT2D eigenvalue weighted by Crippen LogP contribution is 2.30. The quantitative estimate of drug-likeness (QED) is 0.491. The van der Waals surface area contributed by atoms with Crippen LogP contribution in [0.2, 0.25) is 0 Å². The van der Waals surface area contributed by atoms with Gasteiger partial charge >= 0.3 is 6.09 Å². The molecule has 0 atom stereocenters. The van der Waals surface area contributed by atoms with E-state index in [0.29, 0.717) is 23.6 Å². The summed E-state index contributed by atoms with van der Waals surface area (Å²) in [5, 5.41) is 14.8. The first-order valence-electron chi connectivity index (χ1n) is 8.62. The molecule has 2 amide bonds. The molecule has 144 valence electrons. The molecule has 0 unspecified atom stereocenters. The summed E-state index contributed by atoms with van der Waals surface area (Å²) in [5.41, 5.74) is 3.42. The SMILES string of the molecule is CN(C)CC=CC(=O)Nc1cccc(-c2c[nH]c3ncc(NC(=O)O)cc23)c1. The monoisotopic (exact) mass is 379 g/mol. The molecule has 0 fully saturated rings. The highest BCUT2D eigenvalue weighted by atomic mass is 16.4. The normalized spacial score (nSPS) is 11.2. The first-order chi connectivity index (χ1) is 13.4. The van der Waals surface area contributed by atoms with Crippen molar-refractivity contribution in [1.29, 1.82) is 0 Å². The molecular formula is C20H21N5O3. The van der Waals surface area contributed by atoms with Gasteiger partial charge in [0.15, 0.2) is 0 Å². The summed E-state index contributed by atoms with van der Waals surface area (Å²) >= 11 is 0. The first-order valence-corrected chi connectivity index (χ1v) is 8.62. The van der Waals surface area contributed by atoms with E-state index in [9.17, 15) is 9.59 Å². The Morgan fingerprint density at radius 1 is 1.21 bits per heavy atom. The largest absolute Gasteiger partial charge is 0.465 e. The van der Waals surface area contributed by atoms with E-state index in [2.05, 4.69) is 20.6 Å². The van der Waals surface area contributed by atoms with E-state index in [1.165, 1.54) is 12.3 Å². The van der Waals surface area contributed by atoms with Gasteiger partial charge in [-0.25, -0.2) is 9.78 Å². The van der Waals surface area contributed by atoms with Crippen molar-refractivity contribution in [2.75, 3.05) is 31.3 Å². The van der Waals surface area contributed by atoms with Gasteiger partial charge in [0.25, 0.3) is 0 Å². The molecular weight excluding hydrogens is 358 g/mol. The molecule has 1 aromatic carbocycles. The smallest absolute Gasteiger partial charge is 0.409 e. The Kier molecular flexibility index (Phi) is 5.71. The van der Waals surface area contributed by atoms with Gasteiger partial charge in [-0.15, -0.1) is 0 Å². The van der Waals surface area contributed by atoms with Crippen LogP contribution in [-0.4, -0.2) is 52.6 Å². The van der Waals surface area contributed by atoms with E-state index >= 15 is 0 Å². The highest BCUT2D eigenvalue weighted by molar-refractivity contribution is 6.01. The van der Waals surface area contributed by atoms with E-state index < -0.39 is 6.09 Å². The number of carboxylic acid groups (broad SMARTS) is 1. The number of benzene rings is 1. The van der Waals surface area contributed by atoms with Gasteiger partial charge in [0.1, 0.15) is 5.65 Å². The van der Waals surface area contributed by atoms with Crippen LogP contribution in [0.25, 0.3) is 22.2 Å². The third-order valence-electron chi connectivity index (χ3n) is 3.96. The van der Waals surface area contributed by atoms with Crippen molar-refractivity contribution in [2.24, 2.45) is 0 Å². The van der Waals surface area contributed by atoms with Crippen molar-refractivity contribution in [2.45, 2.75) is 0 Å². The van der Waals surface area contributed by atoms with Crippen molar-refractivity contribution >= 4 is 34.4 Å². The lowest BCUT2D eigenvalue weighted by atomic mass is 10.0. The maximum Gasteiger partial charge on any atom is 0.409 e. The minimum atomic E-state index is -1.15. The number of carbonyl (C=O) groups excluding carboxylic acids is 1. The van der Waals surface area contributed by atoms with Crippen LogP contribution in [-0.2, 0) is 4.79 Å². The second kappa shape index (κ2) is 8.36. The Balaban J connectivity index is 1.84. The Morgan fingerprint density at radius 3 is 2.79 bits per heavy atom. The van der Waals surface area contributed by atoms with E-state index in [-0.39, 0.29) is 5.91 Å². The molecule has 0 radical (unpaired) electrons. The third-order valence-corrected chi connectivity index (χ3v) is 3.96. The van der Waals surface area contributed by atoms with Gasteiger partial charge in [0, 0.05) is 35.5 Å². The zero-order valence-corrected chi connectivity index (χ0v) is 15.6. The highest BCUT2D eigenvalue weighted by Gasteiger charge is 2.10. The Hall–Kier alpha value is -3.65. The van der Waals surface area contributed by atoms with Crippen molar-refractivity contribution in [3.05, 3.63) is 54.9 Å². The number of pyridine rings is 1. The molecule has 8 heteroatoms. The van der Waals surface area contributed by atoms with E-state index in [0.717, 1.165) is 16.5 Å². The predicted octanol–water partition coefficient (Wildman–Crippen LogP) is 3.38. The number of amides is 2. The summed E-state index contributed by atoms with van der Waals surface area (Å²) in [6.07, 6.45) is 5.41. The Bertz CT molecular complexity index is 1040. The molecule has 0 aliphatic heterocycles. The Morgan fingerprint density at radius 2 is 2.04 bits per heavy atom. The zero-order chi connectivity index (χ0) is 20.1. The first kappa shape index (κ1) is 19.1. The molecule has 0 spiro atoms. The summed E-state index contributed by atoms with van der Waals surface area (Å²) < 4.78 is 0. The number of carbonyl (C=O) groups is 2. The van der Waals surface area contributed by atoms with Gasteiger partial charge in [-0.2, -0.15) is 0 Å². The topological polar surface area (TPSA) is 110 Å². The number of hydrogen-bond donors (Lipinski definition) is 4. The summed E-state index contributed by atoms with van der Waals surface area (Å²) in [7, 11) is 3.86. The predicted molar refractivity (Wildman–Crippen MR) is 110 cm³/mol. The standard InChI is InChI=1S/C20H21N5O3/c1-25(2)8-4-7-18(26)23-14-6-3-5-13(9-14)17-12-22-19-16(17)10-15(11-21-19)24-20(27)28/h3-7,9-12,24H,8H2,1-2H3,(H,21,22)(H,23,26)(H,27,28). The fourth-order valence-corrected chi connectivity index (χ4v) is 2.75. The van der Waals surface area contributed by atoms with Gasteiger partial charge in [0.2, 0.25) is 5.91 Å². The molecule has 3 aromatic rings. The average molecular weight is 379 g/mol. The number of nitrogens with one attached hydrogen (secondary N) is 3. The number of anilines is 2. The lowest BCUT2D eigenvalue weighted by Crippen LogP contribution is -2.12. The maximum absolute atomic E-state index is 12.1. The summed E-state index contributed by atoms with van der Waals surface area (Å²) in [6, 6.07) is 9.15. The van der Waals surface area contributed by atoms with Crippen molar-refractivity contribution in [3.8, 4) is 11.1 Å². The minimum Gasteiger partial charge on any atom is -0.465 e. The number of fused-ring (bicyclic) bond motifs is 1. The molecule has 28 heavy (non-hydrogen) atoms. The zero-order valence-electron chi connectivity index (χ0n) is 15.6. The van der Waals surface area contributed by atoms with Crippen LogP contribution in [0.5, 0.6) is 0 Å². The van der Waals surface area contributed by atoms with Gasteiger partial charge in [-0.05, 0) is 37.9 Å². The fourth-order valence-electron chi connectivity index (χ4n) is 2.75. The van der Waals surface area contributed by atoms with E-state index in [1.54, 1.807) is 18.3 Å². The van der Waals surface area contributed by atoms with Crippen molar-refractivity contribution < 1.29 is 14.7 Å². The molecule has 0 bridgehead atoms. The van der Waals surface area contributed by atoms with Gasteiger partial charge in [0.05, 0.1) is 11.9 Å². The molecule has 8 nitrogen and oxygen atoms in total. The molecule has 0 saturated heterocycles. The number of H-pyrrole nitrogens is 1. The molecule has 4 N–H and O–H groups in total. The number of rotatable bonds is 6. The molecule has 0 saturated carbocycles. The summed E-state index contributed by atoms with van der Waals surface area (Å²) in [6.45, 7) is 0.683. The summed E-state index contributed by atoms with van der Waals surface area (Å²) in [4.78, 5) is 32.2. The van der Waals surface area contributed by atoms with Crippen LogP contribution < -0.4 is 10.6 Å². The van der Waals surface area contributed by atoms with Crippen LogP contribution in [0.4, 0.5) is 16.2 Å². The van der Waals surface area contributed by atoms with Gasteiger partial charge in [-0.3, -0.25) is 10.1 Å². The number of aromatic amines is 1. The van der Waals surface area contributed by atoms with Crippen LogP contribution in [0.3, 0.4) is 0 Å². The van der Waals surface area contributed by atoms with Crippen LogP contribution in [0.1, 0.15) is 0 Å². The van der Waals surface area contributed by atoms with Gasteiger partial charge < -0.3 is 20.3 Å². The molecule has 2 aromatic heterocycles. The molecule has 0 aliphatic rings. The van der Waals surface area contributed by atoms with Crippen LogP contribution in [0.15, 0.2) is 54.9 Å². The van der Waals surface area contributed by atoms with Crippen molar-refractivity contribution in [1.82, 2.24) is 14.9 Å². The van der Waals surface area contributed by atoms with E-state index in [1.807, 2.05) is 43.3 Å². The fraction of sp³-hybridized carbons (Fsp3) is 0.150. The average Bonchev–Trinajstić information content (AvgIpc) is 3.04. The second-order valence-electron chi connectivity index (χ2n) is 6.49. The molecule has 2 heterocycles. The van der Waals surface area contributed by atoms with E-state index in [4.69, 9.17) is 5.11 Å². The van der Waals surface area contributed by atoms with Gasteiger partial charge in [-0.1, -0.05) is 18.2 Å². The lowest BCUT2D eigenvalue weighted by Gasteiger charge is -2.07. The van der Waals surface area contributed by atoms with Crippen LogP contribution in [0, 0.1) is 0 Å². The number of nitrogens with zero attached hydrogens (tertiary/aromatic N) is 2. The molecule has 3 rings (SSSR count). The number of hydrogen-bond acceptors (Lipinski definition) is 4. The minimum absolute atomic E-state index is 0.201. The Labute approximate surface area is 161 Å². The van der Waals surface area contributed by atoms with Crippen molar-refractivity contribution in [3.63, 3.8) is 0 Å². The van der Waals surface area contributed by atoms with Crippen LogP contribution >= 0.6 is 0 Å². The third kappa shape index (κ3) is 4.74. The second-order valence-corrected chi connectivity index (χ2v) is 6.49. The maximum atomic E-state index is 12.1. The number of likely N-dealkylation sites (N-methyl/N-ethyl adjacent to an activating group) is 1. The summed E-state index contributed by atoms with van der Waals surface area (Å²) in [5.74, 6) is -0.201. The number of aromatic nitrogens is 2. The lowest BCUT2D eigenvalue weighted by molar-refractivity contribution is -0.111.